The monoisotopic (exact) mass is 316 g/mol. The lowest BCUT2D eigenvalue weighted by atomic mass is 10.0. The van der Waals surface area contributed by atoms with Crippen LogP contribution in [0.1, 0.15) is 33.1 Å². The highest BCUT2D eigenvalue weighted by Gasteiger charge is 2.43. The Morgan fingerprint density at radius 2 is 1.86 bits per heavy atom. The second kappa shape index (κ2) is 7.62. The van der Waals surface area contributed by atoms with Gasteiger partial charge in [0.05, 0.1) is 6.61 Å². The van der Waals surface area contributed by atoms with Gasteiger partial charge in [0.15, 0.2) is 6.04 Å². The predicted molar refractivity (Wildman–Crippen MR) is 72.6 cm³/mol. The summed E-state index contributed by atoms with van der Waals surface area (Å²) in [6.07, 6.45) is -0.889. The molecule has 1 saturated heterocycles. The average molecular weight is 316 g/mol. The Hall–Kier alpha value is -2.32. The Labute approximate surface area is 127 Å². The van der Waals surface area contributed by atoms with Crippen molar-refractivity contribution in [3.05, 3.63) is 0 Å². The smallest absolute Gasteiger partial charge is 0.426 e. The quantitative estimate of drug-likeness (QED) is 0.560. The molecule has 22 heavy (non-hydrogen) atoms. The molecule has 1 aliphatic rings. The van der Waals surface area contributed by atoms with Gasteiger partial charge in [-0.15, -0.1) is 0 Å². The van der Waals surface area contributed by atoms with Crippen LogP contribution in [-0.4, -0.2) is 63.4 Å². The highest BCUT2D eigenvalue weighted by molar-refractivity contribution is 5.99. The van der Waals surface area contributed by atoms with E-state index in [9.17, 15) is 29.4 Å². The third-order valence-electron chi connectivity index (χ3n) is 3.41. The van der Waals surface area contributed by atoms with E-state index in [1.807, 2.05) is 0 Å². The lowest BCUT2D eigenvalue weighted by Gasteiger charge is -2.41. The van der Waals surface area contributed by atoms with Crippen molar-refractivity contribution in [1.82, 2.24) is 10.0 Å². The van der Waals surface area contributed by atoms with Gasteiger partial charge in [-0.25, -0.2) is 19.6 Å². The van der Waals surface area contributed by atoms with Gasteiger partial charge in [0.1, 0.15) is 5.92 Å². The number of aliphatic carboxylic acids is 1. The topological polar surface area (TPSA) is 124 Å². The Kier molecular flexibility index (Phi) is 6.14. The molecular weight excluding hydrogens is 296 g/mol. The second-order valence-corrected chi connectivity index (χ2v) is 4.80. The number of nitrogens with zero attached hydrogens (tertiary/aromatic N) is 2. The summed E-state index contributed by atoms with van der Waals surface area (Å²) in [5.74, 6) is -4.18. The first kappa shape index (κ1) is 17.7. The molecule has 2 amide bonds. The van der Waals surface area contributed by atoms with Gasteiger partial charge < -0.3 is 14.9 Å². The summed E-state index contributed by atoms with van der Waals surface area (Å²) in [7, 11) is 0. The van der Waals surface area contributed by atoms with E-state index in [4.69, 9.17) is 4.74 Å². The summed E-state index contributed by atoms with van der Waals surface area (Å²) in [5.41, 5.74) is 0. The molecule has 0 aromatic heterocycles. The molecule has 0 bridgehead atoms. The Morgan fingerprint density at radius 3 is 2.32 bits per heavy atom. The van der Waals surface area contributed by atoms with E-state index in [0.29, 0.717) is 16.4 Å². The molecule has 2 unspecified atom stereocenters. The van der Waals surface area contributed by atoms with Gasteiger partial charge in [0, 0.05) is 6.54 Å². The molecule has 124 valence electrons. The largest absolute Gasteiger partial charge is 0.480 e. The number of carbonyl (C=O) groups excluding carboxylic acids is 2. The molecule has 0 saturated carbocycles. The molecular formula is C13H20N2O7. The summed E-state index contributed by atoms with van der Waals surface area (Å²) >= 11 is 0. The maximum absolute atomic E-state index is 12.5. The first-order chi connectivity index (χ1) is 10.3. The fourth-order valence-corrected chi connectivity index (χ4v) is 2.37. The molecule has 0 aromatic carbocycles. The zero-order chi connectivity index (χ0) is 16.9. The molecule has 1 rings (SSSR count). The van der Waals surface area contributed by atoms with Gasteiger partial charge in [-0.2, -0.15) is 0 Å². The fourth-order valence-electron chi connectivity index (χ4n) is 2.37. The molecule has 9 nitrogen and oxygen atoms in total. The molecule has 0 spiro atoms. The molecule has 2 atom stereocenters. The summed E-state index contributed by atoms with van der Waals surface area (Å²) in [5, 5.41) is 19.7. The van der Waals surface area contributed by atoms with Gasteiger partial charge in [-0.3, -0.25) is 9.59 Å². The van der Waals surface area contributed by atoms with Crippen LogP contribution < -0.4 is 0 Å². The van der Waals surface area contributed by atoms with E-state index in [2.05, 4.69) is 0 Å². The SMILES string of the molecule is CCOC(=O)C(CC)C(=O)N1C(C(=O)O)CCCN1C(=O)O. The number of esters is 1. The van der Waals surface area contributed by atoms with Crippen LogP contribution in [0, 0.1) is 5.92 Å². The van der Waals surface area contributed by atoms with Crippen LogP contribution in [0.25, 0.3) is 0 Å². The van der Waals surface area contributed by atoms with Crippen LogP contribution in [0.4, 0.5) is 4.79 Å². The fraction of sp³-hybridized carbons (Fsp3) is 0.692. The number of carboxylic acid groups (broad SMARTS) is 2. The number of amides is 2. The van der Waals surface area contributed by atoms with Crippen molar-refractivity contribution in [2.24, 2.45) is 5.92 Å². The zero-order valence-electron chi connectivity index (χ0n) is 12.5. The lowest BCUT2D eigenvalue weighted by molar-refractivity contribution is -0.177. The average Bonchev–Trinajstić information content (AvgIpc) is 2.47. The first-order valence-electron chi connectivity index (χ1n) is 7.07. The minimum absolute atomic E-state index is 0.00408. The predicted octanol–water partition coefficient (Wildman–Crippen LogP) is 0.546. The van der Waals surface area contributed by atoms with Crippen molar-refractivity contribution < 1.29 is 34.1 Å². The van der Waals surface area contributed by atoms with Crippen LogP contribution in [0.2, 0.25) is 0 Å². The second-order valence-electron chi connectivity index (χ2n) is 4.80. The maximum Gasteiger partial charge on any atom is 0.426 e. The van der Waals surface area contributed by atoms with E-state index in [1.165, 1.54) is 0 Å². The van der Waals surface area contributed by atoms with Crippen molar-refractivity contribution in [1.29, 1.82) is 0 Å². The molecule has 0 aliphatic carbocycles. The van der Waals surface area contributed by atoms with Crippen molar-refractivity contribution in [2.45, 2.75) is 39.2 Å². The van der Waals surface area contributed by atoms with Crippen LogP contribution >= 0.6 is 0 Å². The van der Waals surface area contributed by atoms with E-state index in [1.54, 1.807) is 13.8 Å². The molecule has 9 heteroatoms. The Bertz CT molecular complexity index is 443. The van der Waals surface area contributed by atoms with E-state index < -0.39 is 35.9 Å². The molecule has 2 N–H and O–H groups in total. The minimum Gasteiger partial charge on any atom is -0.480 e. The minimum atomic E-state index is -1.43. The maximum atomic E-state index is 12.5. The van der Waals surface area contributed by atoms with Gasteiger partial charge in [0.2, 0.25) is 0 Å². The Balaban J connectivity index is 3.11. The van der Waals surface area contributed by atoms with Crippen molar-refractivity contribution >= 4 is 23.9 Å². The summed E-state index contributed by atoms with van der Waals surface area (Å²) < 4.78 is 4.80. The molecule has 0 radical (unpaired) electrons. The summed E-state index contributed by atoms with van der Waals surface area (Å²) in [6, 6.07) is -1.30. The molecule has 0 aromatic rings. The van der Waals surface area contributed by atoms with E-state index >= 15 is 0 Å². The normalized spacial score (nSPS) is 19.5. The third-order valence-corrected chi connectivity index (χ3v) is 3.41. The summed E-state index contributed by atoms with van der Waals surface area (Å²) in [4.78, 5) is 46.9. The highest BCUT2D eigenvalue weighted by Crippen LogP contribution is 2.23. The van der Waals surface area contributed by atoms with Crippen LogP contribution in [0.3, 0.4) is 0 Å². The first-order valence-corrected chi connectivity index (χ1v) is 7.07. The number of hydrogen-bond donors (Lipinski definition) is 2. The van der Waals surface area contributed by atoms with E-state index in [-0.39, 0.29) is 26.0 Å². The molecule has 1 fully saturated rings. The highest BCUT2D eigenvalue weighted by atomic mass is 16.5. The molecule has 1 heterocycles. The number of carbonyl (C=O) groups is 4. The zero-order valence-corrected chi connectivity index (χ0v) is 12.5. The van der Waals surface area contributed by atoms with Gasteiger partial charge >= 0.3 is 18.0 Å². The van der Waals surface area contributed by atoms with Crippen LogP contribution in [0.15, 0.2) is 0 Å². The van der Waals surface area contributed by atoms with Gasteiger partial charge in [-0.1, -0.05) is 6.92 Å². The number of carboxylic acids is 1. The third kappa shape index (κ3) is 3.66. The summed E-state index contributed by atoms with van der Waals surface area (Å²) in [6.45, 7) is 3.24. The van der Waals surface area contributed by atoms with E-state index in [0.717, 1.165) is 0 Å². The van der Waals surface area contributed by atoms with Crippen molar-refractivity contribution in [3.8, 4) is 0 Å². The van der Waals surface area contributed by atoms with Gasteiger partial charge in [-0.05, 0) is 26.2 Å². The van der Waals surface area contributed by atoms with Crippen LogP contribution in [-0.2, 0) is 19.1 Å². The van der Waals surface area contributed by atoms with Gasteiger partial charge in [0.25, 0.3) is 5.91 Å². The Morgan fingerprint density at radius 1 is 1.23 bits per heavy atom. The van der Waals surface area contributed by atoms with Crippen molar-refractivity contribution in [3.63, 3.8) is 0 Å². The number of hydrazine groups is 1. The number of rotatable bonds is 5. The molecule has 1 aliphatic heterocycles. The standard InChI is InChI=1S/C13H20N2O7/c1-3-8(12(19)22-4-2)10(16)15-9(11(17)18)6-5-7-14(15)13(20)21/h8-9H,3-7H2,1-2H3,(H,17,18)(H,20,21). The number of hydrogen-bond acceptors (Lipinski definition) is 5. The van der Waals surface area contributed by atoms with Crippen LogP contribution in [0.5, 0.6) is 0 Å². The van der Waals surface area contributed by atoms with Crippen molar-refractivity contribution in [2.75, 3.05) is 13.2 Å². The number of ether oxygens (including phenoxy) is 1. The lowest BCUT2D eigenvalue weighted by Crippen LogP contribution is -2.61.